The Hall–Kier alpha value is -6.10. The molecule has 0 aliphatic rings. The van der Waals surface area contributed by atoms with Crippen molar-refractivity contribution in [3.05, 3.63) is 136 Å². The molecule has 0 heterocycles. The van der Waals surface area contributed by atoms with Crippen LogP contribution in [0.4, 0.5) is 11.4 Å². The molecule has 0 aliphatic heterocycles. The number of methoxy groups -OCH3 is 1. The molecule has 0 aromatic heterocycles. The number of benzene rings is 4. The first-order chi connectivity index (χ1) is 20.3. The van der Waals surface area contributed by atoms with Crippen molar-refractivity contribution in [3.63, 3.8) is 0 Å². The number of ether oxygens (including phenoxy) is 2. The first-order valence-electron chi connectivity index (χ1n) is 12.4. The van der Waals surface area contributed by atoms with Crippen molar-refractivity contribution in [2.24, 2.45) is 5.10 Å². The zero-order valence-corrected chi connectivity index (χ0v) is 22.2. The number of carbonyl (C=O) groups is 3. The summed E-state index contributed by atoms with van der Waals surface area (Å²) < 4.78 is 10.5. The van der Waals surface area contributed by atoms with Crippen LogP contribution < -0.4 is 20.2 Å². The number of nitrogens with one attached hydrogen (secondary N) is 2. The average Bonchev–Trinajstić information content (AvgIpc) is 3.01. The topological polar surface area (TPSA) is 149 Å². The predicted octanol–water partition coefficient (Wildman–Crippen LogP) is 5.24. The average molecular weight is 565 g/mol. The number of anilines is 1. The fraction of sp³-hybridized carbons (Fsp3) is 0.0323. The molecule has 2 amide bonds. The highest BCUT2D eigenvalue weighted by Gasteiger charge is 2.13. The molecule has 42 heavy (non-hydrogen) atoms. The molecule has 0 bridgehead atoms. The van der Waals surface area contributed by atoms with Crippen molar-refractivity contribution in [2.45, 2.75) is 0 Å². The number of hydrazone groups is 1. The Bertz CT molecular complexity index is 1650. The van der Waals surface area contributed by atoms with Crippen LogP contribution in [-0.2, 0) is 4.79 Å². The van der Waals surface area contributed by atoms with Gasteiger partial charge < -0.3 is 14.8 Å². The molecular formula is C31H24N4O7. The van der Waals surface area contributed by atoms with Crippen molar-refractivity contribution in [1.82, 2.24) is 5.43 Å². The standard InChI is InChI=1S/C31H24N4O7/c1-41-27-15-7-21(8-16-27)9-18-29(36)42-28-17-14-26(35(39)40)19-24(28)20-32-34-31(38)23-10-12-25(13-11-23)33-30(37)22-5-3-2-4-6-22/h2-20H,1H3,(H,33,37)(H,34,38)/b18-9+,32-20+. The van der Waals surface area contributed by atoms with Gasteiger partial charge in [-0.2, -0.15) is 5.10 Å². The van der Waals surface area contributed by atoms with Crippen molar-refractivity contribution in [1.29, 1.82) is 0 Å². The molecule has 4 rings (SSSR count). The molecule has 11 nitrogen and oxygen atoms in total. The maximum Gasteiger partial charge on any atom is 0.336 e. The van der Waals surface area contributed by atoms with E-state index in [9.17, 15) is 24.5 Å². The summed E-state index contributed by atoms with van der Waals surface area (Å²) >= 11 is 0. The summed E-state index contributed by atoms with van der Waals surface area (Å²) in [6.07, 6.45) is 3.88. The lowest BCUT2D eigenvalue weighted by Gasteiger charge is -2.07. The Morgan fingerprint density at radius 3 is 2.21 bits per heavy atom. The molecule has 0 unspecified atom stereocenters. The van der Waals surface area contributed by atoms with E-state index in [0.717, 1.165) is 17.8 Å². The number of hydrogen-bond acceptors (Lipinski definition) is 8. The summed E-state index contributed by atoms with van der Waals surface area (Å²) in [5, 5.41) is 17.9. The Balaban J connectivity index is 1.40. The van der Waals surface area contributed by atoms with Crippen LogP contribution in [0, 0.1) is 10.1 Å². The summed E-state index contributed by atoms with van der Waals surface area (Å²) in [7, 11) is 1.55. The molecular weight excluding hydrogens is 540 g/mol. The maximum atomic E-state index is 12.6. The Labute approximate surface area is 240 Å². The van der Waals surface area contributed by atoms with Gasteiger partial charge in [0.05, 0.1) is 18.2 Å². The second kappa shape index (κ2) is 13.8. The lowest BCUT2D eigenvalue weighted by atomic mass is 10.1. The van der Waals surface area contributed by atoms with Gasteiger partial charge in [0.25, 0.3) is 17.5 Å². The highest BCUT2D eigenvalue weighted by Crippen LogP contribution is 2.23. The third-order valence-electron chi connectivity index (χ3n) is 5.75. The summed E-state index contributed by atoms with van der Waals surface area (Å²) in [4.78, 5) is 47.9. The van der Waals surface area contributed by atoms with Crippen LogP contribution in [0.1, 0.15) is 31.8 Å². The SMILES string of the molecule is COc1ccc(/C=C/C(=O)Oc2ccc([N+](=O)[O-])cc2/C=N/NC(=O)c2ccc(NC(=O)c3ccccc3)cc2)cc1. The van der Waals surface area contributed by atoms with Crippen LogP contribution in [0.15, 0.2) is 108 Å². The highest BCUT2D eigenvalue weighted by molar-refractivity contribution is 6.04. The van der Waals surface area contributed by atoms with Gasteiger partial charge in [0.2, 0.25) is 0 Å². The van der Waals surface area contributed by atoms with E-state index in [0.29, 0.717) is 17.0 Å². The fourth-order valence-electron chi connectivity index (χ4n) is 3.59. The maximum absolute atomic E-state index is 12.6. The zero-order valence-electron chi connectivity index (χ0n) is 22.2. The van der Waals surface area contributed by atoms with E-state index in [2.05, 4.69) is 15.8 Å². The molecule has 0 atom stereocenters. The summed E-state index contributed by atoms with van der Waals surface area (Å²) in [6.45, 7) is 0. The second-order valence-electron chi connectivity index (χ2n) is 8.60. The Kier molecular flexibility index (Phi) is 9.50. The van der Waals surface area contributed by atoms with Crippen LogP contribution in [0.3, 0.4) is 0 Å². The van der Waals surface area contributed by atoms with E-state index >= 15 is 0 Å². The number of nitrogens with zero attached hydrogens (tertiary/aromatic N) is 2. The highest BCUT2D eigenvalue weighted by atomic mass is 16.6. The minimum Gasteiger partial charge on any atom is -0.497 e. The molecule has 11 heteroatoms. The Morgan fingerprint density at radius 2 is 1.55 bits per heavy atom. The molecule has 0 spiro atoms. The van der Waals surface area contributed by atoms with E-state index < -0.39 is 16.8 Å². The van der Waals surface area contributed by atoms with Gasteiger partial charge in [0, 0.05) is 40.6 Å². The van der Waals surface area contributed by atoms with Gasteiger partial charge >= 0.3 is 5.97 Å². The van der Waals surface area contributed by atoms with E-state index in [-0.39, 0.29) is 28.5 Å². The lowest BCUT2D eigenvalue weighted by molar-refractivity contribution is -0.384. The largest absolute Gasteiger partial charge is 0.497 e. The van der Waals surface area contributed by atoms with E-state index in [1.165, 1.54) is 30.3 Å². The molecule has 4 aromatic carbocycles. The van der Waals surface area contributed by atoms with Crippen molar-refractivity contribution < 1.29 is 28.8 Å². The molecule has 0 saturated carbocycles. The summed E-state index contributed by atoms with van der Waals surface area (Å²) in [5.41, 5.74) is 4.13. The van der Waals surface area contributed by atoms with Gasteiger partial charge in [-0.25, -0.2) is 10.2 Å². The molecule has 0 fully saturated rings. The minimum atomic E-state index is -0.724. The zero-order chi connectivity index (χ0) is 29.9. The van der Waals surface area contributed by atoms with Crippen LogP contribution in [0.5, 0.6) is 11.5 Å². The van der Waals surface area contributed by atoms with Gasteiger partial charge in [-0.15, -0.1) is 0 Å². The normalized spacial score (nSPS) is 10.8. The predicted molar refractivity (Wildman–Crippen MR) is 157 cm³/mol. The number of esters is 1. The van der Waals surface area contributed by atoms with Crippen molar-refractivity contribution in [2.75, 3.05) is 12.4 Å². The van der Waals surface area contributed by atoms with Crippen LogP contribution in [0.2, 0.25) is 0 Å². The van der Waals surface area contributed by atoms with Crippen LogP contribution in [0.25, 0.3) is 6.08 Å². The van der Waals surface area contributed by atoms with E-state index in [1.807, 2.05) is 6.07 Å². The van der Waals surface area contributed by atoms with Gasteiger partial charge in [-0.3, -0.25) is 19.7 Å². The van der Waals surface area contributed by atoms with Crippen LogP contribution >= 0.6 is 0 Å². The number of non-ortho nitro benzene ring substituents is 1. The van der Waals surface area contributed by atoms with Gasteiger partial charge in [-0.05, 0) is 66.2 Å². The van der Waals surface area contributed by atoms with Crippen molar-refractivity contribution in [3.8, 4) is 11.5 Å². The summed E-state index contributed by atoms with van der Waals surface area (Å²) in [5.74, 6) is -0.916. The van der Waals surface area contributed by atoms with Gasteiger partial charge in [-0.1, -0.05) is 30.3 Å². The van der Waals surface area contributed by atoms with Crippen LogP contribution in [-0.4, -0.2) is 36.0 Å². The number of hydrogen-bond donors (Lipinski definition) is 2. The Morgan fingerprint density at radius 1 is 0.857 bits per heavy atom. The third-order valence-corrected chi connectivity index (χ3v) is 5.75. The van der Waals surface area contributed by atoms with E-state index in [4.69, 9.17) is 9.47 Å². The number of nitro groups is 1. The quantitative estimate of drug-likeness (QED) is 0.0668. The molecule has 210 valence electrons. The molecule has 2 N–H and O–H groups in total. The van der Waals surface area contributed by atoms with Crippen molar-refractivity contribution >= 4 is 41.4 Å². The minimum absolute atomic E-state index is 0.00138. The van der Waals surface area contributed by atoms with Gasteiger partial charge in [0.1, 0.15) is 11.5 Å². The molecule has 0 aliphatic carbocycles. The van der Waals surface area contributed by atoms with Gasteiger partial charge in [0.15, 0.2) is 0 Å². The number of amides is 2. The lowest BCUT2D eigenvalue weighted by Crippen LogP contribution is -2.18. The molecule has 0 saturated heterocycles. The fourth-order valence-corrected chi connectivity index (χ4v) is 3.59. The second-order valence-corrected chi connectivity index (χ2v) is 8.60. The monoisotopic (exact) mass is 564 g/mol. The first kappa shape index (κ1) is 28.9. The number of carbonyl (C=O) groups excluding carboxylic acids is 3. The first-order valence-corrected chi connectivity index (χ1v) is 12.4. The molecule has 0 radical (unpaired) electrons. The smallest absolute Gasteiger partial charge is 0.336 e. The summed E-state index contributed by atoms with van der Waals surface area (Å²) in [6, 6.07) is 25.4. The molecule has 4 aromatic rings. The third kappa shape index (κ3) is 7.96. The van der Waals surface area contributed by atoms with E-state index in [1.54, 1.807) is 73.8 Å². The number of rotatable bonds is 10. The number of nitro benzene ring substituents is 1.